The maximum atomic E-state index is 12.6. The van der Waals surface area contributed by atoms with Crippen molar-refractivity contribution in [3.05, 3.63) is 0 Å². The van der Waals surface area contributed by atoms with Crippen LogP contribution in [0.4, 0.5) is 0 Å². The minimum atomic E-state index is 0.200. The molecule has 4 heteroatoms. The zero-order valence-electron chi connectivity index (χ0n) is 11.8. The lowest BCUT2D eigenvalue weighted by molar-refractivity contribution is -0.140. The van der Waals surface area contributed by atoms with Gasteiger partial charge in [0.2, 0.25) is 5.91 Å². The third-order valence-electron chi connectivity index (χ3n) is 4.68. The number of hydrogen-bond acceptors (Lipinski definition) is 3. The monoisotopic (exact) mass is 253 g/mol. The molecule has 1 saturated carbocycles. The average Bonchev–Trinajstić information content (AvgIpc) is 2.69. The van der Waals surface area contributed by atoms with E-state index >= 15 is 0 Å². The lowest BCUT2D eigenvalue weighted by Crippen LogP contribution is -2.52. The summed E-state index contributed by atoms with van der Waals surface area (Å²) in [6.45, 7) is 9.88. The van der Waals surface area contributed by atoms with Crippen molar-refractivity contribution in [3.8, 4) is 0 Å². The maximum absolute atomic E-state index is 12.6. The second-order valence-corrected chi connectivity index (χ2v) is 6.39. The summed E-state index contributed by atoms with van der Waals surface area (Å²) in [5.74, 6) is 0.642. The summed E-state index contributed by atoms with van der Waals surface area (Å²) in [5.41, 5.74) is 5.77. The normalized spacial score (nSPS) is 28.6. The van der Waals surface area contributed by atoms with Gasteiger partial charge in [0.1, 0.15) is 0 Å². The molecule has 2 fully saturated rings. The van der Waals surface area contributed by atoms with Crippen molar-refractivity contribution in [2.45, 2.75) is 33.1 Å². The van der Waals surface area contributed by atoms with Crippen LogP contribution in [0.15, 0.2) is 0 Å². The summed E-state index contributed by atoms with van der Waals surface area (Å²) >= 11 is 0. The van der Waals surface area contributed by atoms with Crippen LogP contribution in [0.2, 0.25) is 0 Å². The topological polar surface area (TPSA) is 49.6 Å². The third kappa shape index (κ3) is 2.86. The Bertz CT molecular complexity index is 295. The molecule has 1 aliphatic heterocycles. The van der Waals surface area contributed by atoms with E-state index in [1.165, 1.54) is 12.8 Å². The second-order valence-electron chi connectivity index (χ2n) is 6.39. The van der Waals surface area contributed by atoms with E-state index in [1.54, 1.807) is 0 Å². The molecular weight excluding hydrogens is 226 g/mol. The van der Waals surface area contributed by atoms with Gasteiger partial charge in [-0.3, -0.25) is 9.69 Å². The van der Waals surface area contributed by atoms with Gasteiger partial charge in [0, 0.05) is 45.2 Å². The SMILES string of the molecule is CC1(C)CCCC1C(=O)N1CCN(CCN)CC1. The molecule has 2 aliphatic rings. The van der Waals surface area contributed by atoms with E-state index < -0.39 is 0 Å². The first-order chi connectivity index (χ1) is 8.54. The zero-order valence-corrected chi connectivity index (χ0v) is 11.8. The lowest BCUT2D eigenvalue weighted by atomic mass is 9.81. The number of piperazine rings is 1. The fourth-order valence-electron chi connectivity index (χ4n) is 3.38. The van der Waals surface area contributed by atoms with E-state index in [1.807, 2.05) is 0 Å². The molecule has 1 saturated heterocycles. The molecule has 4 nitrogen and oxygen atoms in total. The lowest BCUT2D eigenvalue weighted by Gasteiger charge is -2.38. The molecule has 0 aromatic heterocycles. The van der Waals surface area contributed by atoms with Crippen molar-refractivity contribution >= 4 is 5.91 Å². The van der Waals surface area contributed by atoms with Gasteiger partial charge in [0.25, 0.3) is 0 Å². The largest absolute Gasteiger partial charge is 0.340 e. The first-order valence-corrected chi connectivity index (χ1v) is 7.26. The van der Waals surface area contributed by atoms with Crippen LogP contribution in [0.3, 0.4) is 0 Å². The highest BCUT2D eigenvalue weighted by Gasteiger charge is 2.41. The predicted octanol–water partition coefficient (Wildman–Crippen LogP) is 0.916. The molecule has 2 rings (SSSR count). The van der Waals surface area contributed by atoms with E-state index in [0.717, 1.165) is 39.1 Å². The molecule has 18 heavy (non-hydrogen) atoms. The van der Waals surface area contributed by atoms with Gasteiger partial charge in [-0.25, -0.2) is 0 Å². The summed E-state index contributed by atoms with van der Waals surface area (Å²) < 4.78 is 0. The van der Waals surface area contributed by atoms with Gasteiger partial charge in [-0.1, -0.05) is 20.3 Å². The smallest absolute Gasteiger partial charge is 0.226 e. The Morgan fingerprint density at radius 1 is 1.28 bits per heavy atom. The molecule has 0 radical (unpaired) electrons. The summed E-state index contributed by atoms with van der Waals surface area (Å²) in [6.07, 6.45) is 3.47. The first kappa shape index (κ1) is 13.8. The summed E-state index contributed by atoms with van der Waals surface area (Å²) in [6, 6.07) is 0. The van der Waals surface area contributed by atoms with Crippen LogP contribution in [0.5, 0.6) is 0 Å². The van der Waals surface area contributed by atoms with E-state index in [4.69, 9.17) is 5.73 Å². The van der Waals surface area contributed by atoms with Crippen molar-refractivity contribution in [2.75, 3.05) is 39.3 Å². The fraction of sp³-hybridized carbons (Fsp3) is 0.929. The van der Waals surface area contributed by atoms with Crippen LogP contribution in [-0.4, -0.2) is 55.0 Å². The highest BCUT2D eigenvalue weighted by Crippen LogP contribution is 2.43. The van der Waals surface area contributed by atoms with Crippen molar-refractivity contribution in [1.29, 1.82) is 0 Å². The van der Waals surface area contributed by atoms with Gasteiger partial charge in [0.05, 0.1) is 0 Å². The Morgan fingerprint density at radius 3 is 2.44 bits per heavy atom. The molecule has 1 heterocycles. The maximum Gasteiger partial charge on any atom is 0.226 e. The molecule has 1 amide bonds. The number of nitrogens with zero attached hydrogens (tertiary/aromatic N) is 2. The highest BCUT2D eigenvalue weighted by molar-refractivity contribution is 5.80. The van der Waals surface area contributed by atoms with Crippen molar-refractivity contribution in [2.24, 2.45) is 17.1 Å². The quantitative estimate of drug-likeness (QED) is 0.813. The van der Waals surface area contributed by atoms with Gasteiger partial charge in [-0.2, -0.15) is 0 Å². The molecule has 1 atom stereocenters. The summed E-state index contributed by atoms with van der Waals surface area (Å²) in [7, 11) is 0. The Balaban J connectivity index is 1.88. The highest BCUT2D eigenvalue weighted by atomic mass is 16.2. The van der Waals surface area contributed by atoms with Crippen LogP contribution in [-0.2, 0) is 4.79 Å². The van der Waals surface area contributed by atoms with Crippen LogP contribution < -0.4 is 5.73 Å². The molecule has 0 aromatic rings. The first-order valence-electron chi connectivity index (χ1n) is 7.26. The Kier molecular flexibility index (Phi) is 4.28. The molecule has 104 valence electrons. The van der Waals surface area contributed by atoms with Gasteiger partial charge in [-0.15, -0.1) is 0 Å². The van der Waals surface area contributed by atoms with E-state index in [2.05, 4.69) is 23.6 Å². The van der Waals surface area contributed by atoms with Gasteiger partial charge >= 0.3 is 0 Å². The fourth-order valence-corrected chi connectivity index (χ4v) is 3.38. The van der Waals surface area contributed by atoms with Gasteiger partial charge in [0.15, 0.2) is 0 Å². The summed E-state index contributed by atoms with van der Waals surface area (Å²) in [4.78, 5) is 17.0. The number of carbonyl (C=O) groups is 1. The van der Waals surface area contributed by atoms with Crippen molar-refractivity contribution in [1.82, 2.24) is 9.80 Å². The Morgan fingerprint density at radius 2 is 1.94 bits per heavy atom. The minimum Gasteiger partial charge on any atom is -0.340 e. The molecule has 1 unspecified atom stereocenters. The molecule has 0 aromatic carbocycles. The molecule has 2 N–H and O–H groups in total. The average molecular weight is 253 g/mol. The van der Waals surface area contributed by atoms with Crippen LogP contribution >= 0.6 is 0 Å². The van der Waals surface area contributed by atoms with Crippen molar-refractivity contribution in [3.63, 3.8) is 0 Å². The number of carbonyl (C=O) groups excluding carboxylic acids is 1. The minimum absolute atomic E-state index is 0.200. The molecule has 0 bridgehead atoms. The second kappa shape index (κ2) is 5.57. The van der Waals surface area contributed by atoms with E-state index in [9.17, 15) is 4.79 Å². The predicted molar refractivity (Wildman–Crippen MR) is 73.2 cm³/mol. The van der Waals surface area contributed by atoms with E-state index in [-0.39, 0.29) is 11.3 Å². The number of amides is 1. The molecule has 1 aliphatic carbocycles. The summed E-state index contributed by atoms with van der Waals surface area (Å²) in [5, 5.41) is 0. The van der Waals surface area contributed by atoms with E-state index in [0.29, 0.717) is 12.5 Å². The zero-order chi connectivity index (χ0) is 13.2. The Labute approximate surface area is 110 Å². The van der Waals surface area contributed by atoms with Gasteiger partial charge in [-0.05, 0) is 18.3 Å². The Hall–Kier alpha value is -0.610. The number of hydrogen-bond donors (Lipinski definition) is 1. The third-order valence-corrected chi connectivity index (χ3v) is 4.68. The number of nitrogens with two attached hydrogens (primary N) is 1. The van der Waals surface area contributed by atoms with Gasteiger partial charge < -0.3 is 10.6 Å². The van der Waals surface area contributed by atoms with Crippen LogP contribution in [0.25, 0.3) is 0 Å². The standard InChI is InChI=1S/C14H27N3O/c1-14(2)5-3-4-12(14)13(18)17-10-8-16(7-6-15)9-11-17/h12H,3-11,15H2,1-2H3. The molecular formula is C14H27N3O. The van der Waals surface area contributed by atoms with Crippen LogP contribution in [0.1, 0.15) is 33.1 Å². The van der Waals surface area contributed by atoms with Crippen LogP contribution in [0, 0.1) is 11.3 Å². The molecule has 0 spiro atoms. The number of rotatable bonds is 3. The van der Waals surface area contributed by atoms with Crippen molar-refractivity contribution < 1.29 is 4.79 Å².